The molecule has 1 aromatic carbocycles. The van der Waals surface area contributed by atoms with E-state index in [9.17, 15) is 4.79 Å². The molecule has 19 heavy (non-hydrogen) atoms. The molecule has 2 rings (SSSR count). The molecule has 0 aliphatic rings. The van der Waals surface area contributed by atoms with Gasteiger partial charge in [0.2, 0.25) is 0 Å². The minimum atomic E-state index is -0.0496. The summed E-state index contributed by atoms with van der Waals surface area (Å²) in [5.41, 5.74) is 1.87. The molecule has 0 unspecified atom stereocenters. The molecular formula is C15H18N2OS. The molecule has 0 fully saturated rings. The summed E-state index contributed by atoms with van der Waals surface area (Å²) in [6.07, 6.45) is 0. The second-order valence-electron chi connectivity index (χ2n) is 4.39. The number of hydrogen-bond donors (Lipinski definition) is 2. The van der Waals surface area contributed by atoms with E-state index in [2.05, 4.69) is 35.1 Å². The standard InChI is InChI=1S/C15H18N2OS/c1-11(14-4-3-9-19-14)17-10-12-5-7-13(8-6-12)15(18)16-2/h3-9,11,17H,10H2,1-2H3,(H,16,18)/t11-/m0/s1. The van der Waals surface area contributed by atoms with Gasteiger partial charge in [0, 0.05) is 30.1 Å². The van der Waals surface area contributed by atoms with Crippen LogP contribution in [0.3, 0.4) is 0 Å². The van der Waals surface area contributed by atoms with Crippen LogP contribution >= 0.6 is 11.3 Å². The second kappa shape index (κ2) is 6.50. The van der Waals surface area contributed by atoms with Gasteiger partial charge >= 0.3 is 0 Å². The summed E-state index contributed by atoms with van der Waals surface area (Å²) in [7, 11) is 1.64. The van der Waals surface area contributed by atoms with Crippen LogP contribution in [0.2, 0.25) is 0 Å². The van der Waals surface area contributed by atoms with E-state index in [1.165, 1.54) is 10.4 Å². The highest BCUT2D eigenvalue weighted by atomic mass is 32.1. The lowest BCUT2D eigenvalue weighted by molar-refractivity contribution is 0.0963. The Kier molecular flexibility index (Phi) is 4.71. The topological polar surface area (TPSA) is 41.1 Å². The number of amides is 1. The van der Waals surface area contributed by atoms with E-state index in [0.717, 1.165) is 6.54 Å². The van der Waals surface area contributed by atoms with Crippen LogP contribution in [0.1, 0.15) is 33.8 Å². The van der Waals surface area contributed by atoms with Gasteiger partial charge in [-0.25, -0.2) is 0 Å². The van der Waals surface area contributed by atoms with Gasteiger partial charge in [-0.2, -0.15) is 0 Å². The van der Waals surface area contributed by atoms with E-state index in [-0.39, 0.29) is 5.91 Å². The molecule has 0 saturated heterocycles. The number of rotatable bonds is 5. The first kappa shape index (κ1) is 13.8. The summed E-state index contributed by atoms with van der Waals surface area (Å²) in [5.74, 6) is -0.0496. The maximum Gasteiger partial charge on any atom is 0.251 e. The predicted molar refractivity (Wildman–Crippen MR) is 79.4 cm³/mol. The van der Waals surface area contributed by atoms with E-state index in [4.69, 9.17) is 0 Å². The van der Waals surface area contributed by atoms with Crippen molar-refractivity contribution in [1.82, 2.24) is 10.6 Å². The average molecular weight is 274 g/mol. The Morgan fingerprint density at radius 3 is 2.58 bits per heavy atom. The monoisotopic (exact) mass is 274 g/mol. The van der Waals surface area contributed by atoms with Gasteiger partial charge < -0.3 is 10.6 Å². The molecule has 0 aliphatic heterocycles. The van der Waals surface area contributed by atoms with Gasteiger partial charge in [0.05, 0.1) is 0 Å². The van der Waals surface area contributed by atoms with Crippen LogP contribution in [0.4, 0.5) is 0 Å². The fraction of sp³-hybridized carbons (Fsp3) is 0.267. The van der Waals surface area contributed by atoms with Gasteiger partial charge in [-0.3, -0.25) is 4.79 Å². The second-order valence-corrected chi connectivity index (χ2v) is 5.37. The van der Waals surface area contributed by atoms with Crippen molar-refractivity contribution in [3.63, 3.8) is 0 Å². The smallest absolute Gasteiger partial charge is 0.251 e. The molecule has 2 aromatic rings. The maximum absolute atomic E-state index is 11.4. The lowest BCUT2D eigenvalue weighted by Crippen LogP contribution is -2.19. The SMILES string of the molecule is CNC(=O)c1ccc(CN[C@@H](C)c2cccs2)cc1. The maximum atomic E-state index is 11.4. The van der Waals surface area contributed by atoms with E-state index in [1.54, 1.807) is 18.4 Å². The van der Waals surface area contributed by atoms with E-state index in [0.29, 0.717) is 11.6 Å². The highest BCUT2D eigenvalue weighted by molar-refractivity contribution is 7.10. The van der Waals surface area contributed by atoms with Crippen LogP contribution in [0.5, 0.6) is 0 Å². The Hall–Kier alpha value is -1.65. The fourth-order valence-electron chi connectivity index (χ4n) is 1.83. The quantitative estimate of drug-likeness (QED) is 0.880. The zero-order chi connectivity index (χ0) is 13.7. The van der Waals surface area contributed by atoms with Gasteiger partial charge in [0.1, 0.15) is 0 Å². The van der Waals surface area contributed by atoms with Crippen LogP contribution in [0.15, 0.2) is 41.8 Å². The van der Waals surface area contributed by atoms with Gasteiger partial charge in [0.15, 0.2) is 0 Å². The Bertz CT molecular complexity index is 520. The van der Waals surface area contributed by atoms with Gasteiger partial charge in [0.25, 0.3) is 5.91 Å². The molecular weight excluding hydrogens is 256 g/mol. The van der Waals surface area contributed by atoms with Crippen LogP contribution in [-0.4, -0.2) is 13.0 Å². The molecule has 1 heterocycles. The largest absolute Gasteiger partial charge is 0.355 e. The van der Waals surface area contributed by atoms with E-state index in [1.807, 2.05) is 24.3 Å². The first-order chi connectivity index (χ1) is 9.20. The van der Waals surface area contributed by atoms with Crippen molar-refractivity contribution in [3.8, 4) is 0 Å². The molecule has 4 heteroatoms. The summed E-state index contributed by atoms with van der Waals surface area (Å²) in [5, 5.41) is 8.18. The Morgan fingerprint density at radius 2 is 2.00 bits per heavy atom. The summed E-state index contributed by atoms with van der Waals surface area (Å²) in [6, 6.07) is 12.2. The molecule has 0 bridgehead atoms. The molecule has 0 spiro atoms. The van der Waals surface area contributed by atoms with E-state index < -0.39 is 0 Å². The number of carbonyl (C=O) groups is 1. The zero-order valence-electron chi connectivity index (χ0n) is 11.1. The number of benzene rings is 1. The summed E-state index contributed by atoms with van der Waals surface area (Å²) in [6.45, 7) is 2.96. The number of carbonyl (C=O) groups excluding carboxylic acids is 1. The molecule has 1 atom stereocenters. The van der Waals surface area contributed by atoms with Crippen molar-refractivity contribution < 1.29 is 4.79 Å². The van der Waals surface area contributed by atoms with Crippen LogP contribution in [-0.2, 0) is 6.54 Å². The molecule has 1 amide bonds. The zero-order valence-corrected chi connectivity index (χ0v) is 12.0. The number of nitrogens with one attached hydrogen (secondary N) is 2. The van der Waals surface area contributed by atoms with Crippen LogP contribution in [0.25, 0.3) is 0 Å². The molecule has 3 nitrogen and oxygen atoms in total. The van der Waals surface area contributed by atoms with Crippen molar-refractivity contribution in [2.75, 3.05) is 7.05 Å². The summed E-state index contributed by atoms with van der Waals surface area (Å²) < 4.78 is 0. The first-order valence-electron chi connectivity index (χ1n) is 6.28. The molecule has 0 aliphatic carbocycles. The third-order valence-corrected chi connectivity index (χ3v) is 4.08. The van der Waals surface area contributed by atoms with Crippen molar-refractivity contribution in [1.29, 1.82) is 0 Å². The summed E-state index contributed by atoms with van der Waals surface area (Å²) >= 11 is 1.76. The van der Waals surface area contributed by atoms with Crippen LogP contribution in [0, 0.1) is 0 Å². The van der Waals surface area contributed by atoms with E-state index >= 15 is 0 Å². The fourth-order valence-corrected chi connectivity index (χ4v) is 2.59. The minimum Gasteiger partial charge on any atom is -0.355 e. The van der Waals surface area contributed by atoms with Crippen molar-refractivity contribution in [2.24, 2.45) is 0 Å². The lowest BCUT2D eigenvalue weighted by atomic mass is 10.1. The number of thiophene rings is 1. The van der Waals surface area contributed by atoms with Gasteiger partial charge in [-0.1, -0.05) is 18.2 Å². The van der Waals surface area contributed by atoms with Crippen LogP contribution < -0.4 is 10.6 Å². The third-order valence-electron chi connectivity index (χ3n) is 3.03. The molecule has 0 radical (unpaired) electrons. The Balaban J connectivity index is 1.91. The van der Waals surface area contributed by atoms with Gasteiger partial charge in [-0.15, -0.1) is 11.3 Å². The molecule has 100 valence electrons. The normalized spacial score (nSPS) is 12.1. The lowest BCUT2D eigenvalue weighted by Gasteiger charge is -2.12. The Morgan fingerprint density at radius 1 is 1.26 bits per heavy atom. The predicted octanol–water partition coefficient (Wildman–Crippen LogP) is 2.96. The van der Waals surface area contributed by atoms with Crippen molar-refractivity contribution in [3.05, 3.63) is 57.8 Å². The van der Waals surface area contributed by atoms with Crippen molar-refractivity contribution in [2.45, 2.75) is 19.5 Å². The first-order valence-corrected chi connectivity index (χ1v) is 7.16. The molecule has 0 saturated carbocycles. The van der Waals surface area contributed by atoms with Gasteiger partial charge in [-0.05, 0) is 36.1 Å². The summed E-state index contributed by atoms with van der Waals surface area (Å²) in [4.78, 5) is 12.8. The molecule has 1 aromatic heterocycles. The molecule has 2 N–H and O–H groups in total. The highest BCUT2D eigenvalue weighted by Gasteiger charge is 2.06. The highest BCUT2D eigenvalue weighted by Crippen LogP contribution is 2.18. The van der Waals surface area contributed by atoms with Crippen molar-refractivity contribution >= 4 is 17.2 Å². The Labute approximate surface area is 117 Å². The third kappa shape index (κ3) is 3.66. The minimum absolute atomic E-state index is 0.0496. The average Bonchev–Trinajstić information content (AvgIpc) is 2.98. The number of hydrogen-bond acceptors (Lipinski definition) is 3.